The van der Waals surface area contributed by atoms with Gasteiger partial charge in [-0.2, -0.15) is 0 Å². The third kappa shape index (κ3) is 1.60. The van der Waals surface area contributed by atoms with Crippen molar-refractivity contribution in [3.63, 3.8) is 0 Å². The molecular weight excluding hydrogens is 228 g/mol. The van der Waals surface area contributed by atoms with Crippen LogP contribution in [0.25, 0.3) is 0 Å². The lowest BCUT2D eigenvalue weighted by Gasteiger charge is -2.26. The van der Waals surface area contributed by atoms with Gasteiger partial charge in [-0.25, -0.2) is 9.79 Å². The molecule has 1 fully saturated rings. The summed E-state index contributed by atoms with van der Waals surface area (Å²) in [5, 5.41) is 0. The zero-order valence-electron chi connectivity index (χ0n) is 10.3. The van der Waals surface area contributed by atoms with Crippen LogP contribution in [0.5, 0.6) is 0 Å². The summed E-state index contributed by atoms with van der Waals surface area (Å²) >= 11 is 0. The lowest BCUT2D eigenvalue weighted by molar-refractivity contribution is 0.0600. The number of esters is 1. The fourth-order valence-electron chi connectivity index (χ4n) is 3.11. The summed E-state index contributed by atoms with van der Waals surface area (Å²) in [5.41, 5.74) is 8.61. The first kappa shape index (κ1) is 11.3. The minimum Gasteiger partial charge on any atom is -0.465 e. The van der Waals surface area contributed by atoms with Crippen molar-refractivity contribution in [3.05, 3.63) is 29.3 Å². The van der Waals surface area contributed by atoms with Crippen LogP contribution in [0.1, 0.15) is 41.1 Å². The van der Waals surface area contributed by atoms with Crippen molar-refractivity contribution in [2.75, 3.05) is 7.11 Å². The van der Waals surface area contributed by atoms with Gasteiger partial charge in [0.05, 0.1) is 18.4 Å². The van der Waals surface area contributed by atoms with Crippen molar-refractivity contribution >= 4 is 17.5 Å². The van der Waals surface area contributed by atoms with E-state index in [2.05, 4.69) is 4.99 Å². The van der Waals surface area contributed by atoms with E-state index in [1.54, 1.807) is 6.07 Å². The molecule has 1 aromatic rings. The number of hydrogen-bond donors (Lipinski definition) is 1. The number of carbonyl (C=O) groups is 1. The van der Waals surface area contributed by atoms with Crippen LogP contribution in [0.4, 0.5) is 5.69 Å². The number of carbonyl (C=O) groups excluding carboxylic acids is 1. The number of methoxy groups -OCH3 is 1. The van der Waals surface area contributed by atoms with E-state index in [1.807, 2.05) is 12.1 Å². The van der Waals surface area contributed by atoms with E-state index >= 15 is 0 Å². The van der Waals surface area contributed by atoms with Crippen molar-refractivity contribution in [3.8, 4) is 0 Å². The van der Waals surface area contributed by atoms with Gasteiger partial charge in [-0.1, -0.05) is 12.5 Å². The molecule has 1 aliphatic heterocycles. The highest BCUT2D eigenvalue weighted by Crippen LogP contribution is 2.46. The molecule has 0 spiro atoms. The zero-order chi connectivity index (χ0) is 12.7. The Kier molecular flexibility index (Phi) is 2.58. The summed E-state index contributed by atoms with van der Waals surface area (Å²) in [4.78, 5) is 16.0. The Labute approximate surface area is 106 Å². The van der Waals surface area contributed by atoms with Crippen LogP contribution in [0.3, 0.4) is 0 Å². The Morgan fingerprint density at radius 2 is 2.17 bits per heavy atom. The number of amidine groups is 1. The number of nitrogens with zero attached hydrogens (tertiary/aromatic N) is 1. The highest BCUT2D eigenvalue weighted by molar-refractivity contribution is 5.93. The molecule has 1 aliphatic carbocycles. The SMILES string of the molecule is COC(=O)c1ccc2c(c1)N=C(N)C1CCCC21. The van der Waals surface area contributed by atoms with Crippen LogP contribution in [-0.4, -0.2) is 18.9 Å². The standard InChI is InChI=1S/C14H16N2O2/c1-18-14(17)8-5-6-10-9-3-2-4-11(9)13(15)16-12(10)7-8/h5-7,9,11H,2-4H2,1H3,(H2,15,16). The van der Waals surface area contributed by atoms with Crippen LogP contribution in [0, 0.1) is 5.92 Å². The molecule has 4 nitrogen and oxygen atoms in total. The van der Waals surface area contributed by atoms with E-state index in [4.69, 9.17) is 10.5 Å². The fraction of sp³-hybridized carbons (Fsp3) is 0.429. The molecule has 2 atom stereocenters. The lowest BCUT2D eigenvalue weighted by Crippen LogP contribution is -2.28. The Balaban J connectivity index is 2.06. The van der Waals surface area contributed by atoms with Crippen molar-refractivity contribution in [1.82, 2.24) is 0 Å². The molecule has 0 radical (unpaired) electrons. The molecule has 18 heavy (non-hydrogen) atoms. The lowest BCUT2D eigenvalue weighted by atomic mass is 9.84. The van der Waals surface area contributed by atoms with Crippen LogP contribution < -0.4 is 5.73 Å². The second kappa shape index (κ2) is 4.12. The van der Waals surface area contributed by atoms with Crippen molar-refractivity contribution in [2.24, 2.45) is 16.6 Å². The average molecular weight is 244 g/mol. The van der Waals surface area contributed by atoms with Gasteiger partial charge in [0.25, 0.3) is 0 Å². The summed E-state index contributed by atoms with van der Waals surface area (Å²) in [5.74, 6) is 1.25. The summed E-state index contributed by atoms with van der Waals surface area (Å²) < 4.78 is 4.72. The maximum absolute atomic E-state index is 11.5. The Bertz CT molecular complexity index is 537. The molecule has 2 aliphatic rings. The molecule has 94 valence electrons. The molecule has 1 saturated carbocycles. The number of hydrogen-bond acceptors (Lipinski definition) is 4. The van der Waals surface area contributed by atoms with Crippen molar-refractivity contribution < 1.29 is 9.53 Å². The molecule has 1 heterocycles. The van der Waals surface area contributed by atoms with Gasteiger partial charge in [0.1, 0.15) is 5.84 Å². The highest BCUT2D eigenvalue weighted by Gasteiger charge is 2.35. The number of aliphatic imine (C=N–C) groups is 1. The monoisotopic (exact) mass is 244 g/mol. The zero-order valence-corrected chi connectivity index (χ0v) is 10.3. The third-order valence-electron chi connectivity index (χ3n) is 4.00. The van der Waals surface area contributed by atoms with E-state index in [9.17, 15) is 4.79 Å². The largest absolute Gasteiger partial charge is 0.465 e. The Hall–Kier alpha value is -1.84. The molecule has 0 saturated heterocycles. The average Bonchev–Trinajstić information content (AvgIpc) is 2.87. The van der Waals surface area contributed by atoms with E-state index in [0.29, 0.717) is 23.2 Å². The van der Waals surface area contributed by atoms with Gasteiger partial charge in [-0.05, 0) is 36.5 Å². The van der Waals surface area contributed by atoms with Gasteiger partial charge >= 0.3 is 5.97 Å². The summed E-state index contributed by atoms with van der Waals surface area (Å²) in [6.07, 6.45) is 3.48. The van der Waals surface area contributed by atoms with Crippen LogP contribution in [0.2, 0.25) is 0 Å². The summed E-state index contributed by atoms with van der Waals surface area (Å²) in [6.45, 7) is 0. The first-order valence-corrected chi connectivity index (χ1v) is 6.27. The first-order chi connectivity index (χ1) is 8.70. The first-order valence-electron chi connectivity index (χ1n) is 6.27. The van der Waals surface area contributed by atoms with Crippen LogP contribution in [0.15, 0.2) is 23.2 Å². The molecule has 1 aromatic carbocycles. The topological polar surface area (TPSA) is 64.7 Å². The Morgan fingerprint density at radius 1 is 1.39 bits per heavy atom. The molecule has 2 N–H and O–H groups in total. The molecule has 4 heteroatoms. The van der Waals surface area contributed by atoms with E-state index in [1.165, 1.54) is 19.1 Å². The molecule has 3 rings (SSSR count). The van der Waals surface area contributed by atoms with Gasteiger partial charge in [0.2, 0.25) is 0 Å². The predicted molar refractivity (Wildman–Crippen MR) is 69.1 cm³/mol. The normalized spacial score (nSPS) is 25.1. The number of fused-ring (bicyclic) bond motifs is 3. The molecule has 2 unspecified atom stereocenters. The third-order valence-corrected chi connectivity index (χ3v) is 4.00. The van der Waals surface area contributed by atoms with E-state index in [-0.39, 0.29) is 5.97 Å². The van der Waals surface area contributed by atoms with Gasteiger partial charge in [0, 0.05) is 5.92 Å². The second-order valence-electron chi connectivity index (χ2n) is 4.95. The summed E-state index contributed by atoms with van der Waals surface area (Å²) in [7, 11) is 1.38. The molecule has 0 bridgehead atoms. The molecular formula is C14H16N2O2. The highest BCUT2D eigenvalue weighted by atomic mass is 16.5. The fourth-order valence-corrected chi connectivity index (χ4v) is 3.11. The number of ether oxygens (including phenoxy) is 1. The van der Waals surface area contributed by atoms with Crippen molar-refractivity contribution in [1.29, 1.82) is 0 Å². The van der Waals surface area contributed by atoms with Crippen LogP contribution >= 0.6 is 0 Å². The van der Waals surface area contributed by atoms with Crippen molar-refractivity contribution in [2.45, 2.75) is 25.2 Å². The van der Waals surface area contributed by atoms with Gasteiger partial charge in [-0.15, -0.1) is 0 Å². The quantitative estimate of drug-likeness (QED) is 0.771. The minimum atomic E-state index is -0.333. The smallest absolute Gasteiger partial charge is 0.337 e. The van der Waals surface area contributed by atoms with E-state index < -0.39 is 0 Å². The van der Waals surface area contributed by atoms with Crippen LogP contribution in [-0.2, 0) is 4.74 Å². The van der Waals surface area contributed by atoms with Gasteiger partial charge in [0.15, 0.2) is 0 Å². The number of nitrogens with two attached hydrogens (primary N) is 1. The maximum atomic E-state index is 11.5. The van der Waals surface area contributed by atoms with E-state index in [0.717, 1.165) is 18.5 Å². The minimum absolute atomic E-state index is 0.333. The van der Waals surface area contributed by atoms with Gasteiger partial charge < -0.3 is 10.5 Å². The molecule has 0 amide bonds. The summed E-state index contributed by atoms with van der Waals surface area (Å²) in [6, 6.07) is 5.60. The number of rotatable bonds is 1. The molecule has 0 aromatic heterocycles. The predicted octanol–water partition coefficient (Wildman–Crippen LogP) is 2.36. The Morgan fingerprint density at radius 3 is 2.94 bits per heavy atom. The maximum Gasteiger partial charge on any atom is 0.337 e. The second-order valence-corrected chi connectivity index (χ2v) is 4.95. The number of benzene rings is 1. The van der Waals surface area contributed by atoms with Gasteiger partial charge in [-0.3, -0.25) is 0 Å².